The first-order chi connectivity index (χ1) is 10.4. The first kappa shape index (κ1) is 16.0. The summed E-state index contributed by atoms with van der Waals surface area (Å²) < 4.78 is 0. The molecule has 0 amide bonds. The smallest absolute Gasteiger partial charge is 0.00809 e. The molecule has 1 unspecified atom stereocenters. The van der Waals surface area contributed by atoms with Gasteiger partial charge in [-0.2, -0.15) is 0 Å². The highest BCUT2D eigenvalue weighted by atomic mass is 15.1. The van der Waals surface area contributed by atoms with Crippen LogP contribution < -0.4 is 5.73 Å². The average molecular weight is 300 g/mol. The van der Waals surface area contributed by atoms with Crippen LogP contribution in [0.2, 0.25) is 0 Å². The monoisotopic (exact) mass is 300 g/mol. The molecular weight excluding hydrogens is 268 g/mol. The minimum absolute atomic E-state index is 0.246. The predicted octanol–water partition coefficient (Wildman–Crippen LogP) is 3.83. The number of nitrogens with zero attached hydrogens (tertiary/aromatic N) is 1. The second kappa shape index (κ2) is 5.98. The van der Waals surface area contributed by atoms with Gasteiger partial charge in [-0.1, -0.05) is 45.0 Å². The van der Waals surface area contributed by atoms with Gasteiger partial charge < -0.3 is 10.6 Å². The highest BCUT2D eigenvalue weighted by molar-refractivity contribution is 5.36. The summed E-state index contributed by atoms with van der Waals surface area (Å²) in [5.41, 5.74) is 9.79. The van der Waals surface area contributed by atoms with Gasteiger partial charge in [0.15, 0.2) is 0 Å². The minimum Gasteiger partial charge on any atom is -0.328 e. The van der Waals surface area contributed by atoms with E-state index >= 15 is 0 Å². The van der Waals surface area contributed by atoms with Crippen molar-refractivity contribution < 1.29 is 0 Å². The van der Waals surface area contributed by atoms with Crippen LogP contribution in [0.15, 0.2) is 24.3 Å². The Labute approximate surface area is 136 Å². The fraction of sp³-hybridized carbons (Fsp3) is 0.700. The molecule has 2 aliphatic rings. The van der Waals surface area contributed by atoms with Gasteiger partial charge >= 0.3 is 0 Å². The molecule has 2 nitrogen and oxygen atoms in total. The van der Waals surface area contributed by atoms with Crippen molar-refractivity contribution in [3.05, 3.63) is 35.4 Å². The van der Waals surface area contributed by atoms with Gasteiger partial charge in [0.05, 0.1) is 0 Å². The fourth-order valence-corrected chi connectivity index (χ4v) is 3.78. The molecule has 22 heavy (non-hydrogen) atoms. The molecule has 2 heteroatoms. The maximum atomic E-state index is 6.12. The quantitative estimate of drug-likeness (QED) is 0.919. The standard InChI is InChI=1S/C20H32N2/c1-19(2,3)16-6-8-17(9-7-16)20(11-12-20)15-22-13-4-5-18(21)10-14-22/h6-9,18H,4-5,10-15,21H2,1-3H3. The molecule has 2 fully saturated rings. The van der Waals surface area contributed by atoms with E-state index in [9.17, 15) is 0 Å². The van der Waals surface area contributed by atoms with E-state index in [0.717, 1.165) is 0 Å². The highest BCUT2D eigenvalue weighted by Crippen LogP contribution is 2.49. The first-order valence-corrected chi connectivity index (χ1v) is 8.98. The molecule has 1 atom stereocenters. The van der Waals surface area contributed by atoms with Crippen molar-refractivity contribution in [1.29, 1.82) is 0 Å². The Hall–Kier alpha value is -0.860. The zero-order valence-corrected chi connectivity index (χ0v) is 14.6. The molecule has 1 aromatic rings. The Morgan fingerprint density at radius 3 is 2.36 bits per heavy atom. The molecule has 1 aromatic carbocycles. The van der Waals surface area contributed by atoms with Gasteiger partial charge in [-0.15, -0.1) is 0 Å². The van der Waals surface area contributed by atoms with E-state index in [1.54, 1.807) is 5.56 Å². The SMILES string of the molecule is CC(C)(C)c1ccc(C2(CN3CCCC(N)CC3)CC2)cc1. The normalized spacial score (nSPS) is 25.7. The molecule has 0 aromatic heterocycles. The third-order valence-electron chi connectivity index (χ3n) is 5.61. The zero-order valence-electron chi connectivity index (χ0n) is 14.6. The van der Waals surface area contributed by atoms with Crippen LogP contribution in [0.5, 0.6) is 0 Å². The molecule has 1 saturated carbocycles. The highest BCUT2D eigenvalue weighted by Gasteiger charge is 2.45. The lowest BCUT2D eigenvalue weighted by atomic mass is 9.85. The second-order valence-corrected chi connectivity index (χ2v) is 8.57. The van der Waals surface area contributed by atoms with Gasteiger partial charge in [-0.05, 0) is 61.7 Å². The molecule has 3 rings (SSSR count). The van der Waals surface area contributed by atoms with E-state index in [1.165, 1.54) is 57.3 Å². The lowest BCUT2D eigenvalue weighted by molar-refractivity contribution is 0.257. The van der Waals surface area contributed by atoms with E-state index in [1.807, 2.05) is 0 Å². The number of benzene rings is 1. The Balaban J connectivity index is 1.68. The van der Waals surface area contributed by atoms with Crippen molar-refractivity contribution in [1.82, 2.24) is 4.90 Å². The molecule has 122 valence electrons. The second-order valence-electron chi connectivity index (χ2n) is 8.57. The van der Waals surface area contributed by atoms with Crippen molar-refractivity contribution >= 4 is 0 Å². The van der Waals surface area contributed by atoms with E-state index in [2.05, 4.69) is 49.9 Å². The lowest BCUT2D eigenvalue weighted by Crippen LogP contribution is -2.34. The Morgan fingerprint density at radius 1 is 1.09 bits per heavy atom. The van der Waals surface area contributed by atoms with Gasteiger partial charge in [-0.3, -0.25) is 0 Å². The van der Waals surface area contributed by atoms with Crippen LogP contribution in [0, 0.1) is 0 Å². The maximum absolute atomic E-state index is 6.12. The van der Waals surface area contributed by atoms with E-state index < -0.39 is 0 Å². The summed E-state index contributed by atoms with van der Waals surface area (Å²) >= 11 is 0. The molecule has 0 radical (unpaired) electrons. The van der Waals surface area contributed by atoms with Crippen LogP contribution in [-0.4, -0.2) is 30.6 Å². The zero-order chi connectivity index (χ0) is 15.8. The summed E-state index contributed by atoms with van der Waals surface area (Å²) in [4.78, 5) is 2.66. The molecular formula is C20H32N2. The molecule has 2 N–H and O–H groups in total. The van der Waals surface area contributed by atoms with E-state index in [4.69, 9.17) is 5.73 Å². The summed E-state index contributed by atoms with van der Waals surface area (Å²) in [6, 6.07) is 9.88. The number of rotatable bonds is 3. The molecule has 0 spiro atoms. The minimum atomic E-state index is 0.246. The third-order valence-corrected chi connectivity index (χ3v) is 5.61. The van der Waals surface area contributed by atoms with Crippen molar-refractivity contribution in [3.8, 4) is 0 Å². The first-order valence-electron chi connectivity index (χ1n) is 8.98. The van der Waals surface area contributed by atoms with Crippen molar-refractivity contribution in [2.24, 2.45) is 5.73 Å². The van der Waals surface area contributed by atoms with Crippen LogP contribution in [0.4, 0.5) is 0 Å². The van der Waals surface area contributed by atoms with Crippen LogP contribution in [-0.2, 0) is 10.8 Å². The molecule has 1 heterocycles. The molecule has 0 bridgehead atoms. The summed E-state index contributed by atoms with van der Waals surface area (Å²) in [6.07, 6.45) is 6.33. The summed E-state index contributed by atoms with van der Waals surface area (Å²) in [5.74, 6) is 0. The Morgan fingerprint density at radius 2 is 1.77 bits per heavy atom. The summed E-state index contributed by atoms with van der Waals surface area (Å²) in [6.45, 7) is 10.5. The van der Waals surface area contributed by atoms with Gasteiger partial charge in [-0.25, -0.2) is 0 Å². The number of likely N-dealkylation sites (tertiary alicyclic amines) is 1. The summed E-state index contributed by atoms with van der Waals surface area (Å²) in [5, 5.41) is 0. The largest absolute Gasteiger partial charge is 0.328 e. The predicted molar refractivity (Wildman–Crippen MR) is 94.3 cm³/mol. The fourth-order valence-electron chi connectivity index (χ4n) is 3.78. The molecule has 1 saturated heterocycles. The topological polar surface area (TPSA) is 29.3 Å². The number of hydrogen-bond donors (Lipinski definition) is 1. The lowest BCUT2D eigenvalue weighted by Gasteiger charge is -2.27. The van der Waals surface area contributed by atoms with Gasteiger partial charge in [0.2, 0.25) is 0 Å². The van der Waals surface area contributed by atoms with E-state index in [0.29, 0.717) is 11.5 Å². The number of nitrogens with two attached hydrogens (primary N) is 1. The van der Waals surface area contributed by atoms with Gasteiger partial charge in [0.25, 0.3) is 0 Å². The Kier molecular flexibility index (Phi) is 4.35. The van der Waals surface area contributed by atoms with Crippen LogP contribution in [0.3, 0.4) is 0 Å². The van der Waals surface area contributed by atoms with Crippen LogP contribution in [0.1, 0.15) is 64.0 Å². The van der Waals surface area contributed by atoms with Crippen molar-refractivity contribution in [2.75, 3.05) is 19.6 Å². The van der Waals surface area contributed by atoms with Crippen molar-refractivity contribution in [3.63, 3.8) is 0 Å². The van der Waals surface area contributed by atoms with Crippen molar-refractivity contribution in [2.45, 2.75) is 69.7 Å². The Bertz CT molecular complexity index is 493. The van der Waals surface area contributed by atoms with Crippen LogP contribution in [0.25, 0.3) is 0 Å². The average Bonchev–Trinajstić information content (AvgIpc) is 3.26. The molecule has 1 aliphatic carbocycles. The summed E-state index contributed by atoms with van der Waals surface area (Å²) in [7, 11) is 0. The van der Waals surface area contributed by atoms with Gasteiger partial charge in [0.1, 0.15) is 0 Å². The van der Waals surface area contributed by atoms with Gasteiger partial charge in [0, 0.05) is 18.0 Å². The third kappa shape index (κ3) is 3.55. The maximum Gasteiger partial charge on any atom is 0.00809 e. The van der Waals surface area contributed by atoms with Crippen LogP contribution >= 0.6 is 0 Å². The number of hydrogen-bond acceptors (Lipinski definition) is 2. The molecule has 1 aliphatic heterocycles. The van der Waals surface area contributed by atoms with E-state index in [-0.39, 0.29) is 5.41 Å².